The summed E-state index contributed by atoms with van der Waals surface area (Å²) in [5, 5.41) is 0. The lowest BCUT2D eigenvalue weighted by Gasteiger charge is -2.20. The molecule has 0 saturated carbocycles. The third-order valence-electron chi connectivity index (χ3n) is 4.24. The number of hydrogen-bond acceptors (Lipinski definition) is 3. The Hall–Kier alpha value is -3.20. The quantitative estimate of drug-likeness (QED) is 0.358. The van der Waals surface area contributed by atoms with E-state index in [1.165, 1.54) is 6.92 Å². The third-order valence-corrected chi connectivity index (χ3v) is 4.24. The zero-order chi connectivity index (χ0) is 18.4. The van der Waals surface area contributed by atoms with Gasteiger partial charge in [-0.3, -0.25) is 9.59 Å². The Morgan fingerprint density at radius 3 is 2.04 bits per heavy atom. The molecule has 1 unspecified atom stereocenters. The van der Waals surface area contributed by atoms with Crippen molar-refractivity contribution in [1.82, 2.24) is 0 Å². The molecule has 0 N–H and O–H groups in total. The maximum Gasteiger partial charge on any atom is 0.308 e. The molecular formula is C23H20O3. The molecule has 0 aromatic heterocycles. The van der Waals surface area contributed by atoms with E-state index in [0.29, 0.717) is 17.7 Å². The molecular weight excluding hydrogens is 324 g/mol. The highest BCUT2D eigenvalue weighted by Gasteiger charge is 2.22. The van der Waals surface area contributed by atoms with Gasteiger partial charge in [0.1, 0.15) is 5.75 Å². The summed E-state index contributed by atoms with van der Waals surface area (Å²) < 4.78 is 5.38. The van der Waals surface area contributed by atoms with Crippen molar-refractivity contribution in [2.45, 2.75) is 19.3 Å². The van der Waals surface area contributed by atoms with Crippen LogP contribution < -0.4 is 4.74 Å². The Kier molecular flexibility index (Phi) is 5.59. The minimum atomic E-state index is -0.376. The molecule has 0 aliphatic rings. The van der Waals surface area contributed by atoms with Crippen LogP contribution in [0.2, 0.25) is 0 Å². The lowest BCUT2D eigenvalue weighted by Crippen LogP contribution is -2.12. The van der Waals surface area contributed by atoms with Gasteiger partial charge in [0.2, 0.25) is 0 Å². The molecule has 0 amide bonds. The summed E-state index contributed by atoms with van der Waals surface area (Å²) >= 11 is 0. The molecule has 0 spiro atoms. The highest BCUT2D eigenvalue weighted by Crippen LogP contribution is 2.35. The molecule has 0 saturated heterocycles. The fourth-order valence-corrected chi connectivity index (χ4v) is 3.04. The monoisotopic (exact) mass is 344 g/mol. The molecule has 0 aliphatic heterocycles. The average Bonchev–Trinajstić information content (AvgIpc) is 2.67. The Morgan fingerprint density at radius 1 is 0.808 bits per heavy atom. The van der Waals surface area contributed by atoms with Gasteiger partial charge >= 0.3 is 5.97 Å². The summed E-state index contributed by atoms with van der Waals surface area (Å²) in [4.78, 5) is 24.3. The number of Topliss-reactive ketones (excluding diaryl/α,β-unsaturated/α-hetero) is 1. The van der Waals surface area contributed by atoms with E-state index in [-0.39, 0.29) is 17.7 Å². The van der Waals surface area contributed by atoms with E-state index in [1.807, 2.05) is 78.9 Å². The van der Waals surface area contributed by atoms with E-state index in [1.54, 1.807) is 6.07 Å². The fraction of sp³-hybridized carbons (Fsp3) is 0.130. The van der Waals surface area contributed by atoms with Crippen molar-refractivity contribution >= 4 is 11.8 Å². The van der Waals surface area contributed by atoms with Crippen molar-refractivity contribution in [1.29, 1.82) is 0 Å². The van der Waals surface area contributed by atoms with Crippen LogP contribution in [0, 0.1) is 0 Å². The first-order chi connectivity index (χ1) is 12.6. The number of ketones is 1. The second-order valence-electron chi connectivity index (χ2n) is 6.09. The fourth-order valence-electron chi connectivity index (χ4n) is 3.04. The van der Waals surface area contributed by atoms with Gasteiger partial charge in [-0.2, -0.15) is 0 Å². The molecule has 3 aromatic rings. The highest BCUT2D eigenvalue weighted by atomic mass is 16.5. The van der Waals surface area contributed by atoms with Gasteiger partial charge in [0.15, 0.2) is 5.78 Å². The van der Waals surface area contributed by atoms with Crippen molar-refractivity contribution in [2.24, 2.45) is 0 Å². The number of hydrogen-bond donors (Lipinski definition) is 0. The molecule has 0 radical (unpaired) electrons. The van der Waals surface area contributed by atoms with Gasteiger partial charge < -0.3 is 4.74 Å². The van der Waals surface area contributed by atoms with E-state index in [9.17, 15) is 9.59 Å². The number of carbonyl (C=O) groups is 2. The average molecular weight is 344 g/mol. The SMILES string of the molecule is CC(=O)Oc1ccccc1C(CC(=O)c1ccccc1)c1ccccc1. The van der Waals surface area contributed by atoms with E-state index in [2.05, 4.69) is 0 Å². The molecule has 0 heterocycles. The standard InChI is InChI=1S/C23H20O3/c1-17(24)26-23-15-9-8-14-20(23)21(18-10-4-2-5-11-18)16-22(25)19-12-6-3-7-13-19/h2-15,21H,16H2,1H3. The van der Waals surface area contributed by atoms with Gasteiger partial charge in [-0.05, 0) is 11.6 Å². The smallest absolute Gasteiger partial charge is 0.308 e. The minimum absolute atomic E-state index is 0.0529. The lowest BCUT2D eigenvalue weighted by atomic mass is 9.85. The predicted octanol–water partition coefficient (Wildman–Crippen LogP) is 5.02. The number of rotatable bonds is 6. The summed E-state index contributed by atoms with van der Waals surface area (Å²) in [5.74, 6) is -0.0232. The first kappa shape index (κ1) is 17.6. The molecule has 3 nitrogen and oxygen atoms in total. The van der Waals surface area contributed by atoms with E-state index in [4.69, 9.17) is 4.74 Å². The molecule has 130 valence electrons. The second kappa shape index (κ2) is 8.26. The van der Waals surface area contributed by atoms with Crippen LogP contribution in [-0.4, -0.2) is 11.8 Å². The first-order valence-corrected chi connectivity index (χ1v) is 8.55. The van der Waals surface area contributed by atoms with Crippen molar-refractivity contribution in [3.8, 4) is 5.75 Å². The van der Waals surface area contributed by atoms with Gasteiger partial charge in [-0.25, -0.2) is 0 Å². The number of carbonyl (C=O) groups excluding carboxylic acids is 2. The number of ether oxygens (including phenoxy) is 1. The Morgan fingerprint density at radius 2 is 1.38 bits per heavy atom. The molecule has 1 atom stereocenters. The van der Waals surface area contributed by atoms with Crippen LogP contribution in [0.4, 0.5) is 0 Å². The zero-order valence-electron chi connectivity index (χ0n) is 14.6. The van der Waals surface area contributed by atoms with Crippen LogP contribution in [-0.2, 0) is 4.79 Å². The van der Waals surface area contributed by atoms with Gasteiger partial charge in [-0.15, -0.1) is 0 Å². The third kappa shape index (κ3) is 4.25. The van der Waals surface area contributed by atoms with Crippen LogP contribution in [0.15, 0.2) is 84.9 Å². The van der Waals surface area contributed by atoms with Crippen molar-refractivity contribution in [3.63, 3.8) is 0 Å². The Bertz CT molecular complexity index is 886. The van der Waals surface area contributed by atoms with Crippen LogP contribution in [0.25, 0.3) is 0 Å². The summed E-state index contributed by atoms with van der Waals surface area (Å²) in [6.07, 6.45) is 0.298. The van der Waals surface area contributed by atoms with E-state index >= 15 is 0 Å². The van der Waals surface area contributed by atoms with Crippen LogP contribution >= 0.6 is 0 Å². The maximum atomic E-state index is 12.8. The molecule has 3 rings (SSSR count). The van der Waals surface area contributed by atoms with E-state index < -0.39 is 0 Å². The molecule has 0 aliphatic carbocycles. The second-order valence-corrected chi connectivity index (χ2v) is 6.09. The van der Waals surface area contributed by atoms with Crippen molar-refractivity contribution in [3.05, 3.63) is 102 Å². The van der Waals surface area contributed by atoms with Gasteiger partial charge in [-0.1, -0.05) is 78.9 Å². The molecule has 0 fully saturated rings. The molecule has 3 aromatic carbocycles. The van der Waals surface area contributed by atoms with Crippen molar-refractivity contribution < 1.29 is 14.3 Å². The van der Waals surface area contributed by atoms with E-state index in [0.717, 1.165) is 11.1 Å². The van der Waals surface area contributed by atoms with Gasteiger partial charge in [0.05, 0.1) is 0 Å². The largest absolute Gasteiger partial charge is 0.426 e. The summed E-state index contributed by atoms with van der Waals surface area (Å²) in [7, 11) is 0. The zero-order valence-corrected chi connectivity index (χ0v) is 14.6. The highest BCUT2D eigenvalue weighted by molar-refractivity contribution is 5.96. The van der Waals surface area contributed by atoms with Crippen LogP contribution in [0.5, 0.6) is 5.75 Å². The Balaban J connectivity index is 2.00. The molecule has 3 heteroatoms. The summed E-state index contributed by atoms with van der Waals surface area (Å²) in [6, 6.07) is 26.5. The van der Waals surface area contributed by atoms with Gasteiger partial charge in [0, 0.05) is 30.4 Å². The summed E-state index contributed by atoms with van der Waals surface area (Å²) in [5.41, 5.74) is 2.52. The normalized spacial score (nSPS) is 11.6. The number of benzene rings is 3. The van der Waals surface area contributed by atoms with Crippen LogP contribution in [0.3, 0.4) is 0 Å². The predicted molar refractivity (Wildman–Crippen MR) is 101 cm³/mol. The number of para-hydroxylation sites is 1. The maximum absolute atomic E-state index is 12.8. The number of esters is 1. The lowest BCUT2D eigenvalue weighted by molar-refractivity contribution is -0.131. The van der Waals surface area contributed by atoms with Crippen molar-refractivity contribution in [2.75, 3.05) is 0 Å². The molecule has 0 bridgehead atoms. The topological polar surface area (TPSA) is 43.4 Å². The first-order valence-electron chi connectivity index (χ1n) is 8.55. The van der Waals surface area contributed by atoms with Gasteiger partial charge in [0.25, 0.3) is 0 Å². The minimum Gasteiger partial charge on any atom is -0.426 e. The Labute approximate surface area is 153 Å². The molecule has 26 heavy (non-hydrogen) atoms. The summed E-state index contributed by atoms with van der Waals surface area (Å²) in [6.45, 7) is 1.38. The van der Waals surface area contributed by atoms with Crippen LogP contribution in [0.1, 0.15) is 40.7 Å².